The van der Waals surface area contributed by atoms with E-state index in [-0.39, 0.29) is 11.3 Å². The van der Waals surface area contributed by atoms with Gasteiger partial charge in [0.15, 0.2) is 0 Å². The van der Waals surface area contributed by atoms with Gasteiger partial charge in [-0.3, -0.25) is 4.79 Å². The van der Waals surface area contributed by atoms with Gasteiger partial charge in [0, 0.05) is 5.69 Å². The zero-order valence-corrected chi connectivity index (χ0v) is 11.0. The molecule has 2 aromatic carbocycles. The van der Waals surface area contributed by atoms with Gasteiger partial charge < -0.3 is 16.2 Å². The van der Waals surface area contributed by atoms with E-state index in [1.54, 1.807) is 43.3 Å². The number of halogens is 1. The average molecular weight is 277 g/mol. The third-order valence-corrected chi connectivity index (χ3v) is 3.07. The van der Waals surface area contributed by atoms with Gasteiger partial charge in [-0.2, -0.15) is 0 Å². The molecule has 98 valence electrons. The summed E-state index contributed by atoms with van der Waals surface area (Å²) in [6.45, 7) is 1.73. The summed E-state index contributed by atoms with van der Waals surface area (Å²) in [5, 5.41) is 12.9. The minimum absolute atomic E-state index is 0.0264. The molecule has 0 aliphatic heterocycles. The zero-order chi connectivity index (χ0) is 14.0. The average Bonchev–Trinajstić information content (AvgIpc) is 2.37. The van der Waals surface area contributed by atoms with Crippen molar-refractivity contribution in [1.29, 1.82) is 0 Å². The molecule has 0 aliphatic rings. The molecule has 1 amide bonds. The van der Waals surface area contributed by atoms with Gasteiger partial charge in [-0.05, 0) is 36.8 Å². The van der Waals surface area contributed by atoms with Crippen molar-refractivity contribution >= 4 is 28.9 Å². The van der Waals surface area contributed by atoms with Crippen LogP contribution >= 0.6 is 11.6 Å². The quantitative estimate of drug-likeness (QED) is 0.737. The summed E-state index contributed by atoms with van der Waals surface area (Å²) >= 11 is 5.87. The Bertz CT molecular complexity index is 641. The Morgan fingerprint density at radius 1 is 1.32 bits per heavy atom. The Labute approximate surface area is 115 Å². The maximum absolute atomic E-state index is 12.0. The molecule has 0 saturated carbocycles. The molecular weight excluding hydrogens is 264 g/mol. The molecule has 0 radical (unpaired) electrons. The lowest BCUT2D eigenvalue weighted by molar-refractivity contribution is 0.102. The first kappa shape index (κ1) is 13.2. The fraction of sp³-hybridized carbons (Fsp3) is 0.0714. The van der Waals surface area contributed by atoms with Crippen molar-refractivity contribution in [1.82, 2.24) is 0 Å². The van der Waals surface area contributed by atoms with Gasteiger partial charge in [-0.25, -0.2) is 0 Å². The Balaban J connectivity index is 2.26. The summed E-state index contributed by atoms with van der Waals surface area (Å²) < 4.78 is 0. The molecule has 19 heavy (non-hydrogen) atoms. The van der Waals surface area contributed by atoms with Gasteiger partial charge in [0.25, 0.3) is 5.91 Å². The molecule has 0 saturated heterocycles. The predicted octanol–water partition coefficient (Wildman–Crippen LogP) is 3.19. The third-order valence-electron chi connectivity index (χ3n) is 2.74. The topological polar surface area (TPSA) is 75.4 Å². The first-order valence-electron chi connectivity index (χ1n) is 5.64. The van der Waals surface area contributed by atoms with Crippen LogP contribution in [-0.2, 0) is 0 Å². The van der Waals surface area contributed by atoms with E-state index in [0.29, 0.717) is 22.0 Å². The SMILES string of the molecule is Cc1cccc(C(=O)Nc2ccc(N)c(Cl)c2)c1O. The number of hydrogen-bond acceptors (Lipinski definition) is 3. The Morgan fingerprint density at radius 2 is 2.05 bits per heavy atom. The van der Waals surface area contributed by atoms with Crippen molar-refractivity contribution in [2.24, 2.45) is 0 Å². The Hall–Kier alpha value is -2.20. The van der Waals surface area contributed by atoms with Crippen molar-refractivity contribution in [2.75, 3.05) is 11.1 Å². The molecule has 0 unspecified atom stereocenters. The summed E-state index contributed by atoms with van der Waals surface area (Å²) in [6, 6.07) is 9.80. The van der Waals surface area contributed by atoms with Crippen molar-refractivity contribution in [3.05, 3.63) is 52.5 Å². The first-order chi connectivity index (χ1) is 8.99. The van der Waals surface area contributed by atoms with E-state index in [1.807, 2.05) is 0 Å². The van der Waals surface area contributed by atoms with Crippen LogP contribution in [0.25, 0.3) is 0 Å². The fourth-order valence-electron chi connectivity index (χ4n) is 1.65. The van der Waals surface area contributed by atoms with Crippen LogP contribution in [0.15, 0.2) is 36.4 Å². The molecule has 2 rings (SSSR count). The number of carbonyl (C=O) groups excluding carboxylic acids is 1. The predicted molar refractivity (Wildman–Crippen MR) is 76.7 cm³/mol. The van der Waals surface area contributed by atoms with E-state index < -0.39 is 5.91 Å². The third kappa shape index (κ3) is 2.80. The number of para-hydroxylation sites is 1. The molecule has 0 aromatic heterocycles. The van der Waals surface area contributed by atoms with Crippen LogP contribution in [-0.4, -0.2) is 11.0 Å². The van der Waals surface area contributed by atoms with Gasteiger partial charge in [-0.15, -0.1) is 0 Å². The number of hydrogen-bond donors (Lipinski definition) is 3. The lowest BCUT2D eigenvalue weighted by Crippen LogP contribution is -2.12. The van der Waals surface area contributed by atoms with E-state index in [9.17, 15) is 9.90 Å². The standard InChI is InChI=1S/C14H13ClN2O2/c1-8-3-2-4-10(13(8)18)14(19)17-9-5-6-12(16)11(15)7-9/h2-7,18H,16H2,1H3,(H,17,19). The van der Waals surface area contributed by atoms with Crippen molar-refractivity contribution in [3.8, 4) is 5.75 Å². The number of phenols is 1. The lowest BCUT2D eigenvalue weighted by Gasteiger charge is -2.09. The summed E-state index contributed by atoms with van der Waals surface area (Å²) in [4.78, 5) is 12.0. The fourth-order valence-corrected chi connectivity index (χ4v) is 1.83. The molecule has 0 heterocycles. The number of anilines is 2. The second-order valence-electron chi connectivity index (χ2n) is 4.16. The van der Waals surface area contributed by atoms with E-state index in [4.69, 9.17) is 17.3 Å². The molecule has 4 nitrogen and oxygen atoms in total. The van der Waals surface area contributed by atoms with Gasteiger partial charge in [0.2, 0.25) is 0 Å². The normalized spacial score (nSPS) is 10.2. The monoisotopic (exact) mass is 276 g/mol. The number of carbonyl (C=O) groups is 1. The van der Waals surface area contributed by atoms with Crippen molar-refractivity contribution in [2.45, 2.75) is 6.92 Å². The van der Waals surface area contributed by atoms with E-state index >= 15 is 0 Å². The van der Waals surface area contributed by atoms with Crippen LogP contribution < -0.4 is 11.1 Å². The highest BCUT2D eigenvalue weighted by molar-refractivity contribution is 6.33. The molecule has 0 spiro atoms. The number of phenolic OH excluding ortho intramolecular Hbond substituents is 1. The van der Waals surface area contributed by atoms with Gasteiger partial charge >= 0.3 is 0 Å². The highest BCUT2D eigenvalue weighted by Gasteiger charge is 2.12. The highest BCUT2D eigenvalue weighted by Crippen LogP contribution is 2.25. The number of nitrogens with two attached hydrogens (primary N) is 1. The van der Waals surface area contributed by atoms with Crippen molar-refractivity contribution < 1.29 is 9.90 Å². The minimum atomic E-state index is -0.401. The minimum Gasteiger partial charge on any atom is -0.507 e. The Morgan fingerprint density at radius 3 is 2.74 bits per heavy atom. The molecule has 4 N–H and O–H groups in total. The molecule has 2 aromatic rings. The number of aromatic hydroxyl groups is 1. The summed E-state index contributed by atoms with van der Waals surface area (Å²) in [5.74, 6) is -0.427. The number of benzene rings is 2. The number of aryl methyl sites for hydroxylation is 1. The molecular formula is C14H13ClN2O2. The first-order valence-corrected chi connectivity index (χ1v) is 6.02. The van der Waals surface area contributed by atoms with E-state index in [2.05, 4.69) is 5.32 Å². The van der Waals surface area contributed by atoms with Crippen LogP contribution in [0.3, 0.4) is 0 Å². The molecule has 5 heteroatoms. The largest absolute Gasteiger partial charge is 0.507 e. The molecule has 0 atom stereocenters. The molecule has 0 bridgehead atoms. The number of amides is 1. The van der Waals surface area contributed by atoms with Crippen LogP contribution in [0.2, 0.25) is 5.02 Å². The lowest BCUT2D eigenvalue weighted by atomic mass is 10.1. The van der Waals surface area contributed by atoms with E-state index in [1.165, 1.54) is 0 Å². The van der Waals surface area contributed by atoms with Crippen LogP contribution in [0.1, 0.15) is 15.9 Å². The van der Waals surface area contributed by atoms with Crippen molar-refractivity contribution in [3.63, 3.8) is 0 Å². The summed E-state index contributed by atoms with van der Waals surface area (Å²) in [6.07, 6.45) is 0. The van der Waals surface area contributed by atoms with Crippen LogP contribution in [0, 0.1) is 6.92 Å². The van der Waals surface area contributed by atoms with E-state index in [0.717, 1.165) is 0 Å². The highest BCUT2D eigenvalue weighted by atomic mass is 35.5. The second-order valence-corrected chi connectivity index (χ2v) is 4.57. The van der Waals surface area contributed by atoms with Crippen LogP contribution in [0.4, 0.5) is 11.4 Å². The number of nitrogens with one attached hydrogen (secondary N) is 1. The van der Waals surface area contributed by atoms with Gasteiger partial charge in [0.05, 0.1) is 16.3 Å². The summed E-state index contributed by atoms with van der Waals surface area (Å²) in [7, 11) is 0. The number of nitrogen functional groups attached to an aromatic ring is 1. The molecule has 0 aliphatic carbocycles. The maximum atomic E-state index is 12.0. The smallest absolute Gasteiger partial charge is 0.259 e. The maximum Gasteiger partial charge on any atom is 0.259 e. The Kier molecular flexibility index (Phi) is 3.62. The van der Waals surface area contributed by atoms with Crippen LogP contribution in [0.5, 0.6) is 5.75 Å². The molecule has 0 fully saturated rings. The summed E-state index contributed by atoms with van der Waals surface area (Å²) in [5.41, 5.74) is 7.41. The second kappa shape index (κ2) is 5.20. The van der Waals surface area contributed by atoms with Gasteiger partial charge in [0.1, 0.15) is 5.75 Å². The number of rotatable bonds is 2. The zero-order valence-electron chi connectivity index (χ0n) is 10.3. The van der Waals surface area contributed by atoms with Gasteiger partial charge in [-0.1, -0.05) is 23.7 Å².